The fourth-order valence-corrected chi connectivity index (χ4v) is 2.82. The molecule has 3 heterocycles. The van der Waals surface area contributed by atoms with E-state index in [9.17, 15) is 0 Å². The zero-order valence-electron chi connectivity index (χ0n) is 10.2. The number of nitrogens with one attached hydrogen (secondary N) is 1. The van der Waals surface area contributed by atoms with Crippen molar-refractivity contribution in [2.75, 3.05) is 13.1 Å². The monoisotopic (exact) mass is 235 g/mol. The van der Waals surface area contributed by atoms with Crippen LogP contribution in [0.5, 0.6) is 0 Å². The van der Waals surface area contributed by atoms with Crippen LogP contribution >= 0.6 is 0 Å². The number of aryl methyl sites for hydroxylation is 1. The van der Waals surface area contributed by atoms with Gasteiger partial charge in [-0.05, 0) is 38.3 Å². The lowest BCUT2D eigenvalue weighted by molar-refractivity contribution is 0.369. The van der Waals surface area contributed by atoms with Crippen molar-refractivity contribution >= 4 is 0 Å². The summed E-state index contributed by atoms with van der Waals surface area (Å²) in [4.78, 5) is 4.64. The Morgan fingerprint density at radius 2 is 2.35 bits per heavy atom. The number of nitrogens with zero attached hydrogens (tertiary/aromatic N) is 3. The first-order chi connectivity index (χ1) is 8.31. The average Bonchev–Trinajstić information content (AvgIpc) is 2.71. The topological polar surface area (TPSA) is 68.8 Å². The Morgan fingerprint density at radius 1 is 1.41 bits per heavy atom. The molecule has 0 aromatic carbocycles. The van der Waals surface area contributed by atoms with Gasteiger partial charge in [0.25, 0.3) is 0 Å². The van der Waals surface area contributed by atoms with Crippen LogP contribution in [0.4, 0.5) is 0 Å². The van der Waals surface area contributed by atoms with E-state index in [2.05, 4.69) is 20.1 Å². The lowest BCUT2D eigenvalue weighted by Gasteiger charge is -2.21. The number of hydrogen-bond donors (Lipinski definition) is 2. The first kappa shape index (κ1) is 11.2. The summed E-state index contributed by atoms with van der Waals surface area (Å²) in [5.74, 6) is 2.81. The maximum Gasteiger partial charge on any atom is 0.151 e. The van der Waals surface area contributed by atoms with Crippen LogP contribution in [0.1, 0.15) is 30.9 Å². The number of fused-ring (bicyclic) bond motifs is 1. The normalized spacial score (nSPS) is 29.0. The van der Waals surface area contributed by atoms with E-state index in [-0.39, 0.29) is 6.04 Å². The van der Waals surface area contributed by atoms with E-state index < -0.39 is 0 Å². The Bertz CT molecular complexity index is 380. The van der Waals surface area contributed by atoms with Crippen LogP contribution in [-0.4, -0.2) is 33.9 Å². The number of nitrogens with two attached hydrogens (primary N) is 1. The largest absolute Gasteiger partial charge is 0.327 e. The number of piperidine rings is 1. The number of hydrogen-bond acceptors (Lipinski definition) is 4. The molecule has 0 bridgehead atoms. The van der Waals surface area contributed by atoms with Crippen molar-refractivity contribution in [3.8, 4) is 0 Å². The van der Waals surface area contributed by atoms with Crippen molar-refractivity contribution in [1.82, 2.24) is 20.1 Å². The SMILES string of the molecule is NC1CCn2nc(CC3CCCNC3)nc2C1. The fourth-order valence-electron chi connectivity index (χ4n) is 2.82. The van der Waals surface area contributed by atoms with E-state index in [1.165, 1.54) is 19.4 Å². The van der Waals surface area contributed by atoms with Crippen LogP contribution in [-0.2, 0) is 19.4 Å². The summed E-state index contributed by atoms with van der Waals surface area (Å²) in [7, 11) is 0. The molecular formula is C12H21N5. The van der Waals surface area contributed by atoms with Gasteiger partial charge in [0.15, 0.2) is 5.82 Å². The average molecular weight is 235 g/mol. The van der Waals surface area contributed by atoms with Crippen LogP contribution in [0.25, 0.3) is 0 Å². The highest BCUT2D eigenvalue weighted by Crippen LogP contribution is 2.17. The van der Waals surface area contributed by atoms with E-state index in [4.69, 9.17) is 5.73 Å². The van der Waals surface area contributed by atoms with E-state index in [1.54, 1.807) is 0 Å². The highest BCUT2D eigenvalue weighted by molar-refractivity contribution is 5.00. The van der Waals surface area contributed by atoms with Crippen LogP contribution < -0.4 is 11.1 Å². The highest BCUT2D eigenvalue weighted by atomic mass is 15.4. The quantitative estimate of drug-likeness (QED) is 0.762. The predicted molar refractivity (Wildman–Crippen MR) is 65.6 cm³/mol. The van der Waals surface area contributed by atoms with Crippen molar-refractivity contribution in [3.63, 3.8) is 0 Å². The molecule has 0 aliphatic carbocycles. The lowest BCUT2D eigenvalue weighted by atomic mass is 9.96. The minimum absolute atomic E-state index is 0.274. The summed E-state index contributed by atoms with van der Waals surface area (Å²) >= 11 is 0. The zero-order valence-corrected chi connectivity index (χ0v) is 10.2. The molecule has 17 heavy (non-hydrogen) atoms. The maximum absolute atomic E-state index is 5.95. The van der Waals surface area contributed by atoms with Crippen molar-refractivity contribution < 1.29 is 0 Å². The van der Waals surface area contributed by atoms with Crippen LogP contribution in [0, 0.1) is 5.92 Å². The lowest BCUT2D eigenvalue weighted by Crippen LogP contribution is -2.31. The molecule has 2 aliphatic heterocycles. The Kier molecular flexibility index (Phi) is 3.11. The Hall–Kier alpha value is -0.940. The zero-order chi connectivity index (χ0) is 11.7. The number of rotatable bonds is 2. The Morgan fingerprint density at radius 3 is 3.18 bits per heavy atom. The van der Waals surface area contributed by atoms with Gasteiger partial charge in [0.1, 0.15) is 5.82 Å². The summed E-state index contributed by atoms with van der Waals surface area (Å²) in [5.41, 5.74) is 5.95. The molecule has 1 fully saturated rings. The van der Waals surface area contributed by atoms with E-state index in [1.807, 2.05) is 0 Å². The third kappa shape index (κ3) is 2.50. The second-order valence-electron chi connectivity index (χ2n) is 5.34. The Balaban J connectivity index is 1.67. The van der Waals surface area contributed by atoms with Gasteiger partial charge in [-0.25, -0.2) is 9.67 Å². The van der Waals surface area contributed by atoms with Crippen molar-refractivity contribution in [2.45, 2.75) is 44.7 Å². The molecule has 5 heteroatoms. The van der Waals surface area contributed by atoms with Gasteiger partial charge in [-0.3, -0.25) is 0 Å². The van der Waals surface area contributed by atoms with Crippen LogP contribution in [0.2, 0.25) is 0 Å². The summed E-state index contributed by atoms with van der Waals surface area (Å²) in [6, 6.07) is 0.274. The third-order valence-electron chi connectivity index (χ3n) is 3.82. The molecule has 2 unspecified atom stereocenters. The molecule has 2 atom stereocenters. The first-order valence-electron chi connectivity index (χ1n) is 6.70. The standard InChI is InChI=1S/C12H21N5/c13-10-3-5-17-12(7-10)15-11(16-17)6-9-2-1-4-14-8-9/h9-10,14H,1-8,13H2. The smallest absolute Gasteiger partial charge is 0.151 e. The van der Waals surface area contributed by atoms with Gasteiger partial charge in [0.2, 0.25) is 0 Å². The molecule has 3 rings (SSSR count). The second kappa shape index (κ2) is 4.74. The van der Waals surface area contributed by atoms with Crippen LogP contribution in [0.3, 0.4) is 0 Å². The van der Waals surface area contributed by atoms with Crippen molar-refractivity contribution in [2.24, 2.45) is 11.7 Å². The first-order valence-corrected chi connectivity index (χ1v) is 6.70. The number of aromatic nitrogens is 3. The molecule has 1 saturated heterocycles. The van der Waals surface area contributed by atoms with E-state index in [0.717, 1.165) is 44.0 Å². The Labute approximate surface area is 102 Å². The molecule has 1 aromatic rings. The van der Waals surface area contributed by atoms with Gasteiger partial charge in [0, 0.05) is 25.4 Å². The van der Waals surface area contributed by atoms with Gasteiger partial charge < -0.3 is 11.1 Å². The molecule has 0 radical (unpaired) electrons. The van der Waals surface area contributed by atoms with Crippen molar-refractivity contribution in [3.05, 3.63) is 11.6 Å². The molecule has 5 nitrogen and oxygen atoms in total. The molecule has 1 aromatic heterocycles. The summed E-state index contributed by atoms with van der Waals surface area (Å²) < 4.78 is 2.05. The van der Waals surface area contributed by atoms with Gasteiger partial charge in [-0.2, -0.15) is 5.10 Å². The fraction of sp³-hybridized carbons (Fsp3) is 0.833. The van der Waals surface area contributed by atoms with E-state index >= 15 is 0 Å². The predicted octanol–water partition coefficient (Wildman–Crippen LogP) is 0.0937. The van der Waals surface area contributed by atoms with Crippen molar-refractivity contribution in [1.29, 1.82) is 0 Å². The molecule has 0 amide bonds. The summed E-state index contributed by atoms with van der Waals surface area (Å²) in [6.45, 7) is 3.22. The van der Waals surface area contributed by atoms with E-state index in [0.29, 0.717) is 5.92 Å². The van der Waals surface area contributed by atoms with Crippen LogP contribution in [0.15, 0.2) is 0 Å². The molecule has 0 saturated carbocycles. The maximum atomic E-state index is 5.95. The second-order valence-corrected chi connectivity index (χ2v) is 5.34. The van der Waals surface area contributed by atoms with Gasteiger partial charge >= 0.3 is 0 Å². The highest BCUT2D eigenvalue weighted by Gasteiger charge is 2.21. The van der Waals surface area contributed by atoms with Gasteiger partial charge in [-0.1, -0.05) is 0 Å². The molecule has 0 spiro atoms. The molecule has 2 aliphatic rings. The van der Waals surface area contributed by atoms with Gasteiger partial charge in [0.05, 0.1) is 0 Å². The summed E-state index contributed by atoms with van der Waals surface area (Å²) in [6.07, 6.45) is 5.51. The third-order valence-corrected chi connectivity index (χ3v) is 3.82. The molecule has 94 valence electrons. The summed E-state index contributed by atoms with van der Waals surface area (Å²) in [5, 5.41) is 8.04. The minimum atomic E-state index is 0.274. The minimum Gasteiger partial charge on any atom is -0.327 e. The molecular weight excluding hydrogens is 214 g/mol. The van der Waals surface area contributed by atoms with Gasteiger partial charge in [-0.15, -0.1) is 0 Å². The molecule has 3 N–H and O–H groups in total.